The highest BCUT2D eigenvalue weighted by molar-refractivity contribution is 5.93. The van der Waals surface area contributed by atoms with Crippen LogP contribution < -0.4 is 0 Å². The lowest BCUT2D eigenvalue weighted by molar-refractivity contribution is 0.0701. The Balaban J connectivity index is 1.61. The first-order chi connectivity index (χ1) is 13.0. The number of hydrogen-bond donors (Lipinski definition) is 0. The van der Waals surface area contributed by atoms with E-state index in [1.165, 1.54) is 17.5 Å². The molecule has 2 aromatic heterocycles. The van der Waals surface area contributed by atoms with E-state index in [9.17, 15) is 4.79 Å². The van der Waals surface area contributed by atoms with Crippen LogP contribution >= 0.6 is 0 Å². The van der Waals surface area contributed by atoms with Crippen LogP contribution in [-0.4, -0.2) is 43.5 Å². The topological polar surface area (TPSA) is 63.4 Å². The first kappa shape index (κ1) is 17.6. The average molecular weight is 363 g/mol. The van der Waals surface area contributed by atoms with Gasteiger partial charge in [0, 0.05) is 19.0 Å². The van der Waals surface area contributed by atoms with Gasteiger partial charge in [0.1, 0.15) is 12.0 Å². The normalized spacial score (nSPS) is 17.6. The van der Waals surface area contributed by atoms with Gasteiger partial charge in [0.05, 0.1) is 5.69 Å². The van der Waals surface area contributed by atoms with E-state index in [2.05, 4.69) is 60.1 Å². The number of carbonyl (C=O) groups is 1. The molecule has 1 atom stereocenters. The summed E-state index contributed by atoms with van der Waals surface area (Å²) < 4.78 is 1.72. The molecule has 140 valence electrons. The largest absolute Gasteiger partial charge is 0.337 e. The maximum absolute atomic E-state index is 13.2. The second kappa shape index (κ2) is 7.10. The molecule has 0 spiro atoms. The van der Waals surface area contributed by atoms with E-state index in [4.69, 9.17) is 0 Å². The number of amides is 1. The third kappa shape index (κ3) is 3.44. The Bertz CT molecular complexity index is 978. The summed E-state index contributed by atoms with van der Waals surface area (Å²) in [7, 11) is 0. The Labute approximate surface area is 159 Å². The first-order valence-electron chi connectivity index (χ1n) is 9.59. The predicted molar refractivity (Wildman–Crippen MR) is 104 cm³/mol. The molecule has 3 aromatic rings. The van der Waals surface area contributed by atoms with Gasteiger partial charge in [-0.15, -0.1) is 0 Å². The Morgan fingerprint density at radius 2 is 2.11 bits per heavy atom. The van der Waals surface area contributed by atoms with E-state index in [0.29, 0.717) is 17.4 Å². The molecular formula is C21H25N5O. The van der Waals surface area contributed by atoms with E-state index in [1.54, 1.807) is 4.52 Å². The lowest BCUT2D eigenvalue weighted by Gasteiger charge is -2.33. The minimum Gasteiger partial charge on any atom is -0.337 e. The fourth-order valence-corrected chi connectivity index (χ4v) is 3.88. The fraction of sp³-hybridized carbons (Fsp3) is 0.429. The molecule has 0 N–H and O–H groups in total. The Kier molecular flexibility index (Phi) is 4.64. The molecule has 27 heavy (non-hydrogen) atoms. The molecule has 3 heterocycles. The van der Waals surface area contributed by atoms with Crippen molar-refractivity contribution >= 4 is 11.7 Å². The van der Waals surface area contributed by atoms with E-state index in [0.717, 1.165) is 31.6 Å². The molecule has 6 nitrogen and oxygen atoms in total. The Morgan fingerprint density at radius 1 is 1.26 bits per heavy atom. The van der Waals surface area contributed by atoms with Gasteiger partial charge in [-0.05, 0) is 37.3 Å². The van der Waals surface area contributed by atoms with Gasteiger partial charge in [-0.25, -0.2) is 9.50 Å². The van der Waals surface area contributed by atoms with Crippen LogP contribution in [0.15, 0.2) is 36.7 Å². The molecule has 0 aliphatic carbocycles. The van der Waals surface area contributed by atoms with Crippen LogP contribution in [0.5, 0.6) is 0 Å². The Morgan fingerprint density at radius 3 is 2.89 bits per heavy atom. The molecule has 1 amide bonds. The van der Waals surface area contributed by atoms with Gasteiger partial charge in [-0.2, -0.15) is 10.1 Å². The average Bonchev–Trinajstić information content (AvgIpc) is 3.15. The van der Waals surface area contributed by atoms with Crippen LogP contribution in [0.25, 0.3) is 5.78 Å². The minimum absolute atomic E-state index is 0.0141. The molecule has 1 aliphatic rings. The summed E-state index contributed by atoms with van der Waals surface area (Å²) in [4.78, 5) is 23.8. The van der Waals surface area contributed by atoms with E-state index < -0.39 is 0 Å². The van der Waals surface area contributed by atoms with Crippen molar-refractivity contribution < 1.29 is 4.79 Å². The van der Waals surface area contributed by atoms with Gasteiger partial charge < -0.3 is 4.90 Å². The highest BCUT2D eigenvalue weighted by Gasteiger charge is 2.27. The van der Waals surface area contributed by atoms with Gasteiger partial charge in [-0.1, -0.05) is 43.7 Å². The molecule has 1 saturated heterocycles. The molecule has 0 unspecified atom stereocenters. The standard InChI is InChI=1S/C21H25N5O/c1-14(2)19-11-18(24-21-22-13-23-26(19)21)20(27)25-9-5-8-17(12-25)16-7-4-6-15(3)10-16/h4,6-7,10-11,13-14,17H,5,8-9,12H2,1-3H3/t17-/m0/s1. The smallest absolute Gasteiger partial charge is 0.272 e. The number of aryl methyl sites for hydroxylation is 1. The summed E-state index contributed by atoms with van der Waals surface area (Å²) in [6.07, 6.45) is 3.60. The zero-order valence-corrected chi connectivity index (χ0v) is 16.1. The van der Waals surface area contributed by atoms with E-state index >= 15 is 0 Å². The van der Waals surface area contributed by atoms with Crippen LogP contribution in [0.2, 0.25) is 0 Å². The maximum Gasteiger partial charge on any atom is 0.272 e. The van der Waals surface area contributed by atoms with Gasteiger partial charge in [0.25, 0.3) is 11.7 Å². The number of fused-ring (bicyclic) bond motifs is 1. The number of carbonyl (C=O) groups excluding carboxylic acids is 1. The van der Waals surface area contributed by atoms with Crippen molar-refractivity contribution in [2.24, 2.45) is 0 Å². The van der Waals surface area contributed by atoms with E-state index in [-0.39, 0.29) is 11.8 Å². The summed E-state index contributed by atoms with van der Waals surface area (Å²) in [5.74, 6) is 1.07. The number of likely N-dealkylation sites (tertiary alicyclic amines) is 1. The van der Waals surface area contributed by atoms with Crippen LogP contribution in [-0.2, 0) is 0 Å². The number of benzene rings is 1. The van der Waals surface area contributed by atoms with Crippen molar-refractivity contribution in [2.45, 2.75) is 45.4 Å². The molecule has 4 rings (SSSR count). The third-order valence-electron chi connectivity index (χ3n) is 5.31. The third-order valence-corrected chi connectivity index (χ3v) is 5.31. The van der Waals surface area contributed by atoms with Crippen LogP contribution in [0.4, 0.5) is 0 Å². The van der Waals surface area contributed by atoms with Crippen LogP contribution in [0, 0.1) is 6.92 Å². The highest BCUT2D eigenvalue weighted by Crippen LogP contribution is 2.28. The molecule has 1 aliphatic heterocycles. The van der Waals surface area contributed by atoms with Crippen LogP contribution in [0.1, 0.15) is 65.8 Å². The predicted octanol–water partition coefficient (Wildman–Crippen LogP) is 3.58. The zero-order valence-electron chi connectivity index (χ0n) is 16.1. The number of rotatable bonds is 3. The molecule has 6 heteroatoms. The molecule has 0 bridgehead atoms. The van der Waals surface area contributed by atoms with Gasteiger partial charge in [-0.3, -0.25) is 4.79 Å². The van der Waals surface area contributed by atoms with E-state index in [1.807, 2.05) is 11.0 Å². The summed E-state index contributed by atoms with van der Waals surface area (Å²) in [6, 6.07) is 10.5. The second-order valence-corrected chi connectivity index (χ2v) is 7.70. The van der Waals surface area contributed by atoms with Crippen molar-refractivity contribution in [3.8, 4) is 0 Å². The number of hydrogen-bond acceptors (Lipinski definition) is 4. The van der Waals surface area contributed by atoms with Gasteiger partial charge in [0.2, 0.25) is 0 Å². The molecule has 0 saturated carbocycles. The monoisotopic (exact) mass is 363 g/mol. The summed E-state index contributed by atoms with van der Waals surface area (Å²) in [5.41, 5.74) is 3.99. The zero-order chi connectivity index (χ0) is 19.0. The number of aromatic nitrogens is 4. The fourth-order valence-electron chi connectivity index (χ4n) is 3.88. The summed E-state index contributed by atoms with van der Waals surface area (Å²) in [5, 5.41) is 4.23. The summed E-state index contributed by atoms with van der Waals surface area (Å²) in [6.45, 7) is 7.79. The van der Waals surface area contributed by atoms with Crippen molar-refractivity contribution in [1.29, 1.82) is 0 Å². The van der Waals surface area contributed by atoms with Crippen molar-refractivity contribution in [3.63, 3.8) is 0 Å². The molecular weight excluding hydrogens is 338 g/mol. The Hall–Kier alpha value is -2.76. The van der Waals surface area contributed by atoms with Crippen molar-refractivity contribution in [1.82, 2.24) is 24.5 Å². The van der Waals surface area contributed by atoms with Gasteiger partial charge in [0.15, 0.2) is 0 Å². The summed E-state index contributed by atoms with van der Waals surface area (Å²) >= 11 is 0. The van der Waals surface area contributed by atoms with Gasteiger partial charge >= 0.3 is 0 Å². The molecule has 1 fully saturated rings. The van der Waals surface area contributed by atoms with Crippen LogP contribution in [0.3, 0.4) is 0 Å². The minimum atomic E-state index is -0.0141. The molecule has 1 aromatic carbocycles. The number of nitrogens with zero attached hydrogens (tertiary/aromatic N) is 5. The highest BCUT2D eigenvalue weighted by atomic mass is 16.2. The van der Waals surface area contributed by atoms with Crippen molar-refractivity contribution in [2.75, 3.05) is 13.1 Å². The lowest BCUT2D eigenvalue weighted by Crippen LogP contribution is -2.39. The number of piperidine rings is 1. The first-order valence-corrected chi connectivity index (χ1v) is 9.59. The quantitative estimate of drug-likeness (QED) is 0.713. The lowest BCUT2D eigenvalue weighted by atomic mass is 9.89. The SMILES string of the molecule is Cc1cccc([C@H]2CCCN(C(=O)c3cc(C(C)C)n4ncnc4n3)C2)c1. The second-order valence-electron chi connectivity index (χ2n) is 7.70. The van der Waals surface area contributed by atoms with Crippen molar-refractivity contribution in [3.05, 3.63) is 59.2 Å². The maximum atomic E-state index is 13.2. The molecule has 0 radical (unpaired) electrons.